The monoisotopic (exact) mass is 660 g/mol. The van der Waals surface area contributed by atoms with E-state index in [1.54, 1.807) is 20.8 Å². The summed E-state index contributed by atoms with van der Waals surface area (Å²) in [5, 5.41) is 5.68. The zero-order chi connectivity index (χ0) is 33.1. The molecular weight excluding hydrogens is 625 g/mol. The van der Waals surface area contributed by atoms with Crippen molar-refractivity contribution >= 4 is 29.4 Å². The highest BCUT2D eigenvalue weighted by atomic mass is 32.2. The van der Waals surface area contributed by atoms with E-state index in [0.29, 0.717) is 29.4 Å². The fourth-order valence-electron chi connectivity index (χ4n) is 5.14. The van der Waals surface area contributed by atoms with Gasteiger partial charge in [-0.1, -0.05) is 24.3 Å². The van der Waals surface area contributed by atoms with Crippen LogP contribution in [0.5, 0.6) is 5.75 Å². The second kappa shape index (κ2) is 13.7. The van der Waals surface area contributed by atoms with Gasteiger partial charge in [-0.05, 0) is 56.2 Å². The van der Waals surface area contributed by atoms with Gasteiger partial charge in [0.15, 0.2) is 0 Å². The lowest BCUT2D eigenvalue weighted by atomic mass is 10.1. The van der Waals surface area contributed by atoms with Crippen LogP contribution in [0.25, 0.3) is 0 Å². The van der Waals surface area contributed by atoms with Crippen LogP contribution >= 0.6 is 11.8 Å². The number of alkyl carbamates (subject to hydrolysis) is 1. The van der Waals surface area contributed by atoms with Crippen molar-refractivity contribution in [3.63, 3.8) is 0 Å². The number of rotatable bonds is 8. The first-order chi connectivity index (χ1) is 21.8. The van der Waals surface area contributed by atoms with Crippen LogP contribution in [-0.4, -0.2) is 60.6 Å². The van der Waals surface area contributed by atoms with Crippen molar-refractivity contribution in [2.24, 2.45) is 0 Å². The van der Waals surface area contributed by atoms with E-state index >= 15 is 0 Å². The molecule has 3 heterocycles. The highest BCUT2D eigenvalue weighted by Crippen LogP contribution is 2.39. The summed E-state index contributed by atoms with van der Waals surface area (Å²) in [6.07, 6.45) is -4.09. The number of carbonyl (C=O) groups excluding carboxylic acids is 2. The predicted molar refractivity (Wildman–Crippen MR) is 166 cm³/mol. The van der Waals surface area contributed by atoms with Crippen LogP contribution < -0.4 is 25.8 Å². The third kappa shape index (κ3) is 8.55. The third-order valence-electron chi connectivity index (χ3n) is 7.22. The molecule has 2 aliphatic heterocycles. The Morgan fingerprint density at radius 2 is 1.65 bits per heavy atom. The first-order valence-electron chi connectivity index (χ1n) is 14.7. The van der Waals surface area contributed by atoms with E-state index in [9.17, 15) is 27.6 Å². The van der Waals surface area contributed by atoms with Gasteiger partial charge in [0.2, 0.25) is 0 Å². The standard InChI is InChI=1S/C32H35F3N4O6S/c1-31(2,3)45-30(42)37-25-19-46-27-24(28(40)36-16-20-4-8-22(9-5-20)38-12-14-43-15-13-38)18-39(29(41)26(25)27)17-21-6-10-23(11-7-21)44-32(33,34)35/h4-11,18,25H,12-17,19H2,1-3H3,(H,36,40)(H,37,42)/t25-/m0/s1. The maximum absolute atomic E-state index is 13.8. The second-order valence-electron chi connectivity index (χ2n) is 11.9. The van der Waals surface area contributed by atoms with Crippen molar-refractivity contribution in [3.8, 4) is 5.75 Å². The first-order valence-corrected chi connectivity index (χ1v) is 15.7. The Bertz CT molecular complexity index is 1620. The fourth-order valence-corrected chi connectivity index (χ4v) is 6.41. The molecule has 1 fully saturated rings. The number of amides is 2. The van der Waals surface area contributed by atoms with Gasteiger partial charge in [-0.15, -0.1) is 24.9 Å². The lowest BCUT2D eigenvalue weighted by molar-refractivity contribution is -0.274. The van der Waals surface area contributed by atoms with Crippen LogP contribution in [0.2, 0.25) is 0 Å². The zero-order valence-electron chi connectivity index (χ0n) is 25.6. The number of anilines is 1. The number of nitrogens with zero attached hydrogens (tertiary/aromatic N) is 2. The molecule has 5 rings (SSSR count). The van der Waals surface area contributed by atoms with Gasteiger partial charge >= 0.3 is 12.5 Å². The summed E-state index contributed by atoms with van der Waals surface area (Å²) in [6, 6.07) is 12.3. The lowest BCUT2D eigenvalue weighted by Crippen LogP contribution is -2.38. The first kappa shape index (κ1) is 33.2. The maximum Gasteiger partial charge on any atom is 0.573 e. The van der Waals surface area contributed by atoms with E-state index in [2.05, 4.69) is 20.3 Å². The van der Waals surface area contributed by atoms with E-state index < -0.39 is 41.3 Å². The molecule has 0 unspecified atom stereocenters. The number of hydrogen-bond acceptors (Lipinski definition) is 8. The minimum absolute atomic E-state index is 0.0362. The molecule has 0 aliphatic carbocycles. The van der Waals surface area contributed by atoms with Gasteiger partial charge in [-0.2, -0.15) is 0 Å². The number of morpholine rings is 1. The lowest BCUT2D eigenvalue weighted by Gasteiger charge is -2.28. The van der Waals surface area contributed by atoms with Gasteiger partial charge in [0.05, 0.1) is 36.9 Å². The Balaban J connectivity index is 1.39. The number of alkyl halides is 3. The molecule has 46 heavy (non-hydrogen) atoms. The normalized spacial score (nSPS) is 16.5. The summed E-state index contributed by atoms with van der Waals surface area (Å²) in [4.78, 5) is 42.7. The number of ether oxygens (including phenoxy) is 3. The SMILES string of the molecule is CC(C)(C)OC(=O)N[C@H]1CSc2c(C(=O)NCc3ccc(N4CCOCC4)cc3)cn(Cc3ccc(OC(F)(F)F)cc3)c(=O)c21. The molecule has 0 saturated carbocycles. The summed E-state index contributed by atoms with van der Waals surface area (Å²) in [5.41, 5.74) is 1.75. The smallest absolute Gasteiger partial charge is 0.444 e. The van der Waals surface area contributed by atoms with Gasteiger partial charge in [-0.25, -0.2) is 4.79 Å². The van der Waals surface area contributed by atoms with Crippen LogP contribution in [0.4, 0.5) is 23.7 Å². The highest BCUT2D eigenvalue weighted by molar-refractivity contribution is 7.99. The molecule has 2 amide bonds. The highest BCUT2D eigenvalue weighted by Gasteiger charge is 2.34. The Hall–Kier alpha value is -4.17. The molecule has 0 spiro atoms. The predicted octanol–water partition coefficient (Wildman–Crippen LogP) is 5.23. The number of pyridine rings is 1. The molecule has 3 aromatic rings. The van der Waals surface area contributed by atoms with Crippen molar-refractivity contribution < 1.29 is 37.0 Å². The van der Waals surface area contributed by atoms with Crippen LogP contribution in [0.15, 0.2) is 64.4 Å². The van der Waals surface area contributed by atoms with Gasteiger partial charge in [0.1, 0.15) is 11.4 Å². The zero-order valence-corrected chi connectivity index (χ0v) is 26.4. The number of aromatic nitrogens is 1. The molecule has 2 aromatic carbocycles. The van der Waals surface area contributed by atoms with Crippen LogP contribution in [0.3, 0.4) is 0 Å². The van der Waals surface area contributed by atoms with E-state index in [-0.39, 0.29) is 24.2 Å². The maximum atomic E-state index is 13.8. The Kier molecular flexibility index (Phi) is 9.87. The summed E-state index contributed by atoms with van der Waals surface area (Å²) in [5.74, 6) is -0.504. The number of hydrogen-bond donors (Lipinski definition) is 2. The topological polar surface area (TPSA) is 111 Å². The van der Waals surface area contributed by atoms with Crippen LogP contribution in [0.1, 0.15) is 53.9 Å². The van der Waals surface area contributed by atoms with E-state index in [1.165, 1.54) is 34.7 Å². The van der Waals surface area contributed by atoms with Gasteiger partial charge < -0.3 is 34.3 Å². The van der Waals surface area contributed by atoms with Crippen molar-refractivity contribution in [2.45, 2.75) is 56.8 Å². The largest absolute Gasteiger partial charge is 0.573 e. The summed E-state index contributed by atoms with van der Waals surface area (Å²) in [7, 11) is 0. The minimum Gasteiger partial charge on any atom is -0.444 e. The molecule has 0 bridgehead atoms. The van der Waals surface area contributed by atoms with Crippen LogP contribution in [0, 0.1) is 0 Å². The molecule has 246 valence electrons. The van der Waals surface area contributed by atoms with Gasteiger partial charge in [0, 0.05) is 42.2 Å². The Morgan fingerprint density at radius 1 is 1.00 bits per heavy atom. The number of nitrogens with one attached hydrogen (secondary N) is 2. The summed E-state index contributed by atoms with van der Waals surface area (Å²) >= 11 is 1.28. The Labute approximate surface area is 268 Å². The number of fused-ring (bicyclic) bond motifs is 1. The molecule has 1 aromatic heterocycles. The van der Waals surface area contributed by atoms with Crippen molar-refractivity contribution in [3.05, 3.63) is 87.3 Å². The van der Waals surface area contributed by atoms with Crippen molar-refractivity contribution in [1.82, 2.24) is 15.2 Å². The average Bonchev–Trinajstić information content (AvgIpc) is 3.41. The van der Waals surface area contributed by atoms with E-state index in [1.807, 2.05) is 24.3 Å². The van der Waals surface area contributed by atoms with Crippen molar-refractivity contribution in [1.29, 1.82) is 0 Å². The van der Waals surface area contributed by atoms with Gasteiger partial charge in [-0.3, -0.25) is 9.59 Å². The van der Waals surface area contributed by atoms with E-state index in [4.69, 9.17) is 9.47 Å². The second-order valence-corrected chi connectivity index (χ2v) is 12.9. The number of thioether (sulfide) groups is 1. The molecule has 2 aliphatic rings. The summed E-state index contributed by atoms with van der Waals surface area (Å²) < 4.78 is 53.9. The molecule has 0 radical (unpaired) electrons. The molecular formula is C32H35F3N4O6S. The minimum atomic E-state index is -4.83. The average molecular weight is 661 g/mol. The van der Waals surface area contributed by atoms with Crippen LogP contribution in [-0.2, 0) is 22.6 Å². The third-order valence-corrected chi connectivity index (χ3v) is 8.45. The van der Waals surface area contributed by atoms with Crippen molar-refractivity contribution in [2.75, 3.05) is 37.0 Å². The summed E-state index contributed by atoms with van der Waals surface area (Å²) in [6.45, 7) is 8.34. The number of carbonyl (C=O) groups is 2. The number of benzene rings is 2. The molecule has 1 atom stereocenters. The molecule has 1 saturated heterocycles. The molecule has 2 N–H and O–H groups in total. The fraction of sp³-hybridized carbons (Fsp3) is 0.406. The van der Waals surface area contributed by atoms with E-state index in [0.717, 1.165) is 36.5 Å². The Morgan fingerprint density at radius 3 is 2.28 bits per heavy atom. The quantitative estimate of drug-likeness (QED) is 0.338. The van der Waals surface area contributed by atoms with Gasteiger partial charge in [0.25, 0.3) is 11.5 Å². The molecule has 10 nitrogen and oxygen atoms in total. The number of halogens is 3. The molecule has 14 heteroatoms.